The molecule has 2 aromatic heterocycles. The third-order valence-electron chi connectivity index (χ3n) is 4.31. The third kappa shape index (κ3) is 2.43. The van der Waals surface area contributed by atoms with E-state index < -0.39 is 0 Å². The molecule has 1 atom stereocenters. The Morgan fingerprint density at radius 3 is 2.87 bits per heavy atom. The number of fused-ring (bicyclic) bond motifs is 2. The van der Waals surface area contributed by atoms with Gasteiger partial charge in [-0.2, -0.15) is 5.10 Å². The Kier molecular flexibility index (Phi) is 3.41. The quantitative estimate of drug-likeness (QED) is 0.661. The maximum Gasteiger partial charge on any atom is 0.274 e. The number of aromatic nitrogens is 3. The van der Waals surface area contributed by atoms with E-state index in [1.54, 1.807) is 23.0 Å². The van der Waals surface area contributed by atoms with Crippen LogP contribution in [0.3, 0.4) is 0 Å². The molecular weight excluding hydrogens is 356 g/mol. The van der Waals surface area contributed by atoms with E-state index in [9.17, 15) is 4.79 Å². The number of halogens is 1. The van der Waals surface area contributed by atoms with Crippen LogP contribution in [0, 0.1) is 0 Å². The maximum absolute atomic E-state index is 13.0. The van der Waals surface area contributed by atoms with Crippen molar-refractivity contribution in [2.75, 3.05) is 0 Å². The van der Waals surface area contributed by atoms with Crippen LogP contribution in [-0.4, -0.2) is 31.4 Å². The summed E-state index contributed by atoms with van der Waals surface area (Å²) >= 11 is 3.45. The average Bonchev–Trinajstić information content (AvgIpc) is 3.00. The molecular formula is C17H15BrN4O. The Hall–Kier alpha value is -2.21. The van der Waals surface area contributed by atoms with Crippen molar-refractivity contribution in [2.24, 2.45) is 0 Å². The number of benzene rings is 1. The van der Waals surface area contributed by atoms with Crippen molar-refractivity contribution in [3.05, 3.63) is 64.0 Å². The SMILES string of the molecule is C[C@H]1Cc2ccccc2CN1C(=O)c1nc2ccnn2cc1Br. The lowest BCUT2D eigenvalue weighted by molar-refractivity contribution is 0.0651. The number of carbonyl (C=O) groups excluding carboxylic acids is 1. The van der Waals surface area contributed by atoms with Crippen molar-refractivity contribution in [1.82, 2.24) is 19.5 Å². The summed E-state index contributed by atoms with van der Waals surface area (Å²) in [6, 6.07) is 10.2. The van der Waals surface area contributed by atoms with Gasteiger partial charge < -0.3 is 4.90 Å². The summed E-state index contributed by atoms with van der Waals surface area (Å²) in [5.74, 6) is -0.0532. The van der Waals surface area contributed by atoms with E-state index in [0.29, 0.717) is 22.4 Å². The lowest BCUT2D eigenvalue weighted by atomic mass is 9.94. The normalized spacial score (nSPS) is 17.3. The summed E-state index contributed by atoms with van der Waals surface area (Å²) in [5.41, 5.74) is 3.63. The molecule has 0 N–H and O–H groups in total. The molecule has 0 radical (unpaired) electrons. The first-order chi connectivity index (χ1) is 11.1. The Morgan fingerprint density at radius 1 is 1.26 bits per heavy atom. The van der Waals surface area contributed by atoms with Crippen LogP contribution in [0.25, 0.3) is 5.65 Å². The van der Waals surface area contributed by atoms with Gasteiger partial charge in [-0.25, -0.2) is 9.50 Å². The molecule has 23 heavy (non-hydrogen) atoms. The van der Waals surface area contributed by atoms with Gasteiger partial charge in [0.25, 0.3) is 5.91 Å². The monoisotopic (exact) mass is 370 g/mol. The molecule has 0 spiro atoms. The Balaban J connectivity index is 1.72. The smallest absolute Gasteiger partial charge is 0.274 e. The van der Waals surface area contributed by atoms with Crippen LogP contribution in [0.4, 0.5) is 0 Å². The predicted octanol–water partition coefficient (Wildman–Crippen LogP) is 3.08. The zero-order valence-corrected chi connectivity index (χ0v) is 14.2. The maximum atomic E-state index is 13.0. The first-order valence-corrected chi connectivity index (χ1v) is 8.30. The molecule has 1 aliphatic heterocycles. The standard InChI is InChI=1S/C17H15BrN4O/c1-11-8-12-4-2-3-5-13(12)9-21(11)17(23)16-14(18)10-22-15(20-16)6-7-19-22/h2-7,10-11H,8-9H2,1H3/t11-/m0/s1. The van der Waals surface area contributed by atoms with Gasteiger partial charge in [-0.05, 0) is 40.4 Å². The number of hydrogen-bond acceptors (Lipinski definition) is 3. The molecule has 116 valence electrons. The molecule has 1 aliphatic rings. The minimum atomic E-state index is -0.0532. The van der Waals surface area contributed by atoms with Gasteiger partial charge in [0.2, 0.25) is 0 Å². The fourth-order valence-electron chi connectivity index (χ4n) is 3.07. The number of rotatable bonds is 1. The average molecular weight is 371 g/mol. The van der Waals surface area contributed by atoms with Crippen LogP contribution in [-0.2, 0) is 13.0 Å². The highest BCUT2D eigenvalue weighted by atomic mass is 79.9. The van der Waals surface area contributed by atoms with Crippen LogP contribution in [0.2, 0.25) is 0 Å². The van der Waals surface area contributed by atoms with Gasteiger partial charge in [-0.15, -0.1) is 0 Å². The summed E-state index contributed by atoms with van der Waals surface area (Å²) in [7, 11) is 0. The van der Waals surface area contributed by atoms with E-state index in [0.717, 1.165) is 6.42 Å². The minimum absolute atomic E-state index is 0.0532. The second-order valence-corrected chi connectivity index (χ2v) is 6.68. The highest BCUT2D eigenvalue weighted by molar-refractivity contribution is 9.10. The fourth-order valence-corrected chi connectivity index (χ4v) is 3.52. The van der Waals surface area contributed by atoms with Gasteiger partial charge in [0.1, 0.15) is 5.69 Å². The summed E-state index contributed by atoms with van der Waals surface area (Å²) in [4.78, 5) is 19.4. The van der Waals surface area contributed by atoms with Crippen molar-refractivity contribution in [3.63, 3.8) is 0 Å². The molecule has 0 unspecified atom stereocenters. The van der Waals surface area contributed by atoms with Crippen molar-refractivity contribution >= 4 is 27.5 Å². The lowest BCUT2D eigenvalue weighted by Gasteiger charge is -2.34. The fraction of sp³-hybridized carbons (Fsp3) is 0.235. The highest BCUT2D eigenvalue weighted by Crippen LogP contribution is 2.26. The number of hydrogen-bond donors (Lipinski definition) is 0. The number of nitrogens with zero attached hydrogens (tertiary/aromatic N) is 4. The molecule has 1 aromatic carbocycles. The largest absolute Gasteiger partial charge is 0.330 e. The predicted molar refractivity (Wildman–Crippen MR) is 90.2 cm³/mol. The van der Waals surface area contributed by atoms with Crippen LogP contribution in [0.5, 0.6) is 0 Å². The molecule has 0 bridgehead atoms. The molecule has 6 heteroatoms. The third-order valence-corrected chi connectivity index (χ3v) is 4.89. The lowest BCUT2D eigenvalue weighted by Crippen LogP contribution is -2.43. The molecule has 4 rings (SSSR count). The van der Waals surface area contributed by atoms with Crippen LogP contribution in [0.1, 0.15) is 28.5 Å². The molecule has 5 nitrogen and oxygen atoms in total. The van der Waals surface area contributed by atoms with Crippen molar-refractivity contribution in [1.29, 1.82) is 0 Å². The molecule has 0 fully saturated rings. The molecule has 0 aliphatic carbocycles. The van der Waals surface area contributed by atoms with Crippen molar-refractivity contribution in [3.8, 4) is 0 Å². The number of amides is 1. The Morgan fingerprint density at radius 2 is 2.04 bits per heavy atom. The van der Waals surface area contributed by atoms with Crippen LogP contribution in [0.15, 0.2) is 47.2 Å². The molecule has 3 heterocycles. The van der Waals surface area contributed by atoms with Crippen LogP contribution < -0.4 is 0 Å². The second kappa shape index (κ2) is 5.45. The van der Waals surface area contributed by atoms with Crippen molar-refractivity contribution < 1.29 is 4.79 Å². The zero-order valence-electron chi connectivity index (χ0n) is 12.6. The van der Waals surface area contributed by atoms with E-state index >= 15 is 0 Å². The Labute approximate surface area is 142 Å². The topological polar surface area (TPSA) is 50.5 Å². The van der Waals surface area contributed by atoms with E-state index in [1.165, 1.54) is 11.1 Å². The Bertz CT molecular complexity index is 904. The van der Waals surface area contributed by atoms with E-state index in [-0.39, 0.29) is 11.9 Å². The number of carbonyl (C=O) groups is 1. The first-order valence-electron chi connectivity index (χ1n) is 7.51. The highest BCUT2D eigenvalue weighted by Gasteiger charge is 2.29. The molecule has 1 amide bonds. The van der Waals surface area contributed by atoms with Gasteiger partial charge in [0.05, 0.1) is 10.7 Å². The minimum Gasteiger partial charge on any atom is -0.330 e. The second-order valence-electron chi connectivity index (χ2n) is 5.83. The van der Waals surface area contributed by atoms with E-state index in [2.05, 4.69) is 51.1 Å². The summed E-state index contributed by atoms with van der Waals surface area (Å²) in [6.45, 7) is 2.70. The zero-order chi connectivity index (χ0) is 16.0. The van der Waals surface area contributed by atoms with Gasteiger partial charge in [0, 0.05) is 24.8 Å². The van der Waals surface area contributed by atoms with Crippen molar-refractivity contribution in [2.45, 2.75) is 25.9 Å². The van der Waals surface area contributed by atoms with Crippen LogP contribution >= 0.6 is 15.9 Å². The summed E-state index contributed by atoms with van der Waals surface area (Å²) < 4.78 is 2.31. The van der Waals surface area contributed by atoms with Gasteiger partial charge in [-0.1, -0.05) is 24.3 Å². The van der Waals surface area contributed by atoms with Gasteiger partial charge in [-0.3, -0.25) is 4.79 Å². The molecule has 3 aromatic rings. The van der Waals surface area contributed by atoms with Gasteiger partial charge >= 0.3 is 0 Å². The summed E-state index contributed by atoms with van der Waals surface area (Å²) in [6.07, 6.45) is 4.31. The first kappa shape index (κ1) is 14.4. The van der Waals surface area contributed by atoms with E-state index in [1.807, 2.05) is 11.0 Å². The van der Waals surface area contributed by atoms with E-state index in [4.69, 9.17) is 0 Å². The summed E-state index contributed by atoms with van der Waals surface area (Å²) in [5, 5.41) is 4.14. The van der Waals surface area contributed by atoms with Gasteiger partial charge in [0.15, 0.2) is 5.65 Å². The molecule has 0 saturated heterocycles. The molecule has 0 saturated carbocycles.